The second kappa shape index (κ2) is 19.4. The predicted octanol–water partition coefficient (Wildman–Crippen LogP) is 8.30. The first-order valence-electron chi connectivity index (χ1n) is 18.8. The molecular weight excluding hydrogens is 748 g/mol. The Kier molecular flexibility index (Phi) is 14.1. The van der Waals surface area contributed by atoms with Crippen LogP contribution in [0.2, 0.25) is 5.02 Å². The van der Waals surface area contributed by atoms with Gasteiger partial charge in [0.15, 0.2) is 0 Å². The van der Waals surface area contributed by atoms with E-state index >= 15 is 0 Å². The summed E-state index contributed by atoms with van der Waals surface area (Å²) in [6.07, 6.45) is -3.35. The maximum absolute atomic E-state index is 13.9. The standard InChI is InChI=1S/C46H47ClO10/c1-4-52-39-23-20-33(21-24-39)26-37-27-38(22-25-40(37)47)46(51-3)43(55-30-36-18-12-7-13-19-36)41(53-28-34-14-8-5-9-15-34)42(54-29-35-16-10-6-11-17-35)45(57-46,44(49)50)31-56-32(2)48/h5-25,27,41-43H,4,26,28-31H2,1-3H3,(H,49,50)/t41-,42-,43+,45+,46-/m0/s1. The maximum atomic E-state index is 13.9. The number of benzene rings is 5. The van der Waals surface area contributed by atoms with Crippen LogP contribution >= 0.6 is 11.6 Å². The zero-order valence-corrected chi connectivity index (χ0v) is 32.9. The molecular formula is C46H47ClO10. The fraction of sp³-hybridized carbons (Fsp3) is 0.304. The molecule has 0 radical (unpaired) electrons. The molecule has 0 aromatic heterocycles. The average Bonchev–Trinajstić information content (AvgIpc) is 3.23. The SMILES string of the molecule is CCOc1ccc(Cc2cc([C@]3(OC)O[C@@](COC(C)=O)(C(=O)O)[C@@H](OCc4ccccc4)[C@H](OCc4ccccc4)[C@H]3OCc3ccccc3)ccc2Cl)cc1. The van der Waals surface area contributed by atoms with Crippen LogP contribution in [0.4, 0.5) is 0 Å². The fourth-order valence-corrected chi connectivity index (χ4v) is 7.17. The number of ether oxygens (including phenoxy) is 7. The van der Waals surface area contributed by atoms with E-state index in [1.54, 1.807) is 12.1 Å². The van der Waals surface area contributed by atoms with Gasteiger partial charge in [-0.05, 0) is 65.4 Å². The minimum atomic E-state index is -2.38. The molecule has 0 amide bonds. The number of carboxylic acid groups (broad SMARTS) is 1. The van der Waals surface area contributed by atoms with Crippen LogP contribution in [0.25, 0.3) is 0 Å². The lowest BCUT2D eigenvalue weighted by molar-refractivity contribution is -0.406. The van der Waals surface area contributed by atoms with Crippen LogP contribution in [0.3, 0.4) is 0 Å². The molecule has 1 N–H and O–H groups in total. The Morgan fingerprint density at radius 2 is 1.26 bits per heavy atom. The van der Waals surface area contributed by atoms with Gasteiger partial charge in [-0.2, -0.15) is 0 Å². The lowest BCUT2D eigenvalue weighted by Gasteiger charge is -2.55. The molecule has 0 unspecified atom stereocenters. The van der Waals surface area contributed by atoms with Gasteiger partial charge in [-0.15, -0.1) is 0 Å². The molecule has 5 aromatic carbocycles. The van der Waals surface area contributed by atoms with Crippen LogP contribution in [0.5, 0.6) is 5.75 Å². The van der Waals surface area contributed by atoms with Crippen molar-refractivity contribution < 1.29 is 47.9 Å². The third kappa shape index (κ3) is 9.91. The number of hydrogen-bond acceptors (Lipinski definition) is 9. The van der Waals surface area contributed by atoms with E-state index in [9.17, 15) is 14.7 Å². The van der Waals surface area contributed by atoms with Gasteiger partial charge >= 0.3 is 11.9 Å². The molecule has 6 rings (SSSR count). The number of carbonyl (C=O) groups is 2. The molecule has 1 aliphatic rings. The second-order valence-electron chi connectivity index (χ2n) is 13.7. The molecule has 0 aliphatic carbocycles. The highest BCUT2D eigenvalue weighted by Gasteiger charge is 2.68. The van der Waals surface area contributed by atoms with E-state index in [2.05, 4.69) is 0 Å². The first kappa shape index (κ1) is 41.6. The van der Waals surface area contributed by atoms with Gasteiger partial charge in [-0.1, -0.05) is 121 Å². The zero-order chi connectivity index (χ0) is 40.3. The van der Waals surface area contributed by atoms with Crippen LogP contribution in [0, 0.1) is 0 Å². The zero-order valence-electron chi connectivity index (χ0n) is 32.2. The molecule has 1 aliphatic heterocycles. The third-order valence-corrected chi connectivity index (χ3v) is 10.2. The number of methoxy groups -OCH3 is 1. The number of aliphatic carboxylic acids is 1. The summed E-state index contributed by atoms with van der Waals surface area (Å²) in [5, 5.41) is 11.8. The Morgan fingerprint density at radius 3 is 1.77 bits per heavy atom. The number of esters is 1. The predicted molar refractivity (Wildman–Crippen MR) is 214 cm³/mol. The highest BCUT2D eigenvalue weighted by molar-refractivity contribution is 6.31. The van der Waals surface area contributed by atoms with Gasteiger partial charge in [0.25, 0.3) is 0 Å². The molecule has 1 saturated heterocycles. The molecule has 0 saturated carbocycles. The molecule has 5 atom stereocenters. The monoisotopic (exact) mass is 794 g/mol. The summed E-state index contributed by atoms with van der Waals surface area (Å²) < 4.78 is 44.7. The van der Waals surface area contributed by atoms with Gasteiger partial charge < -0.3 is 38.3 Å². The molecule has 5 aromatic rings. The van der Waals surface area contributed by atoms with Crippen molar-refractivity contribution >= 4 is 23.5 Å². The number of hydrogen-bond donors (Lipinski definition) is 1. The molecule has 11 heteroatoms. The van der Waals surface area contributed by atoms with Crippen LogP contribution in [-0.2, 0) is 70.0 Å². The second-order valence-corrected chi connectivity index (χ2v) is 14.1. The average molecular weight is 795 g/mol. The molecule has 57 heavy (non-hydrogen) atoms. The lowest BCUT2D eigenvalue weighted by atomic mass is 9.80. The van der Waals surface area contributed by atoms with E-state index in [0.29, 0.717) is 29.2 Å². The summed E-state index contributed by atoms with van der Waals surface area (Å²) >= 11 is 6.86. The summed E-state index contributed by atoms with van der Waals surface area (Å²) in [6, 6.07) is 41.3. The smallest absolute Gasteiger partial charge is 0.342 e. The first-order chi connectivity index (χ1) is 27.7. The highest BCUT2D eigenvalue weighted by atomic mass is 35.5. The summed E-state index contributed by atoms with van der Waals surface area (Å²) in [5.74, 6) is -3.41. The number of rotatable bonds is 18. The molecule has 0 spiro atoms. The highest BCUT2D eigenvalue weighted by Crippen LogP contribution is 2.49. The summed E-state index contributed by atoms with van der Waals surface area (Å²) in [6.45, 7) is 3.04. The van der Waals surface area contributed by atoms with Crippen LogP contribution in [-0.4, -0.2) is 61.3 Å². The minimum Gasteiger partial charge on any atom is -0.494 e. The maximum Gasteiger partial charge on any atom is 0.342 e. The molecule has 298 valence electrons. The van der Waals surface area contributed by atoms with Gasteiger partial charge in [-0.25, -0.2) is 4.79 Å². The summed E-state index contributed by atoms with van der Waals surface area (Å²) in [5.41, 5.74) is 2.13. The van der Waals surface area contributed by atoms with E-state index in [0.717, 1.165) is 28.0 Å². The molecule has 1 heterocycles. The van der Waals surface area contributed by atoms with E-state index < -0.39 is 48.2 Å². The van der Waals surface area contributed by atoms with Gasteiger partial charge in [0.05, 0.1) is 26.4 Å². The quantitative estimate of drug-likeness (QED) is 0.0868. The first-order valence-corrected chi connectivity index (χ1v) is 19.1. The van der Waals surface area contributed by atoms with Gasteiger partial charge in [0.2, 0.25) is 11.4 Å². The van der Waals surface area contributed by atoms with Crippen LogP contribution < -0.4 is 4.74 Å². The number of carbonyl (C=O) groups excluding carboxylic acids is 1. The van der Waals surface area contributed by atoms with Crippen molar-refractivity contribution in [2.45, 2.75) is 69.8 Å². The van der Waals surface area contributed by atoms with E-state index in [4.69, 9.17) is 44.8 Å². The van der Waals surface area contributed by atoms with Crippen molar-refractivity contribution in [3.8, 4) is 5.75 Å². The molecule has 1 fully saturated rings. The normalized spacial score (nSPS) is 21.8. The Hall–Kier alpha value is -5.07. The minimum absolute atomic E-state index is 0.0201. The van der Waals surface area contributed by atoms with Crippen molar-refractivity contribution in [2.75, 3.05) is 20.3 Å². The van der Waals surface area contributed by atoms with E-state index in [1.165, 1.54) is 14.0 Å². The van der Waals surface area contributed by atoms with Crippen molar-refractivity contribution in [3.05, 3.63) is 172 Å². The Labute approximate surface area is 338 Å². The van der Waals surface area contributed by atoms with Gasteiger partial charge in [0, 0.05) is 24.6 Å². The molecule has 10 nitrogen and oxygen atoms in total. The lowest BCUT2D eigenvalue weighted by Crippen LogP contribution is -2.74. The number of carboxylic acids is 1. The fourth-order valence-electron chi connectivity index (χ4n) is 6.99. The van der Waals surface area contributed by atoms with Crippen molar-refractivity contribution in [1.29, 1.82) is 0 Å². The Morgan fingerprint density at radius 1 is 0.719 bits per heavy atom. The molecule has 0 bridgehead atoms. The van der Waals surface area contributed by atoms with Crippen LogP contribution in [0.15, 0.2) is 133 Å². The largest absolute Gasteiger partial charge is 0.494 e. The van der Waals surface area contributed by atoms with E-state index in [1.807, 2.05) is 128 Å². The summed E-state index contributed by atoms with van der Waals surface area (Å²) in [4.78, 5) is 26.4. The number of halogens is 1. The Balaban J connectivity index is 1.52. The summed E-state index contributed by atoms with van der Waals surface area (Å²) in [7, 11) is 1.41. The van der Waals surface area contributed by atoms with Crippen molar-refractivity contribution in [3.63, 3.8) is 0 Å². The van der Waals surface area contributed by atoms with Crippen LogP contribution in [0.1, 0.15) is 47.2 Å². The topological polar surface area (TPSA) is 119 Å². The Bertz CT molecular complexity index is 2050. The van der Waals surface area contributed by atoms with Crippen molar-refractivity contribution in [2.24, 2.45) is 0 Å². The van der Waals surface area contributed by atoms with Gasteiger partial charge in [0.1, 0.15) is 30.7 Å². The van der Waals surface area contributed by atoms with Gasteiger partial charge in [-0.3, -0.25) is 4.79 Å². The van der Waals surface area contributed by atoms with Crippen molar-refractivity contribution in [1.82, 2.24) is 0 Å². The van der Waals surface area contributed by atoms with E-state index in [-0.39, 0.29) is 19.8 Å². The third-order valence-electron chi connectivity index (χ3n) is 9.83.